The van der Waals surface area contributed by atoms with E-state index >= 15 is 0 Å². The quantitative estimate of drug-likeness (QED) is 0.791. The molecular formula is C19H23ClN2O4. The molecule has 1 heterocycles. The number of halogens is 1. The van der Waals surface area contributed by atoms with Gasteiger partial charge in [0.25, 0.3) is 0 Å². The van der Waals surface area contributed by atoms with E-state index in [1.54, 1.807) is 32.9 Å². The molecule has 0 saturated carbocycles. The van der Waals surface area contributed by atoms with E-state index in [1.165, 1.54) is 0 Å². The number of ether oxygens (including phenoxy) is 1. The molecule has 0 bridgehead atoms. The second-order valence-electron chi connectivity index (χ2n) is 6.73. The van der Waals surface area contributed by atoms with E-state index in [4.69, 9.17) is 20.8 Å². The molecule has 0 aliphatic heterocycles. The Balaban J connectivity index is 1.73. The van der Waals surface area contributed by atoms with E-state index in [1.807, 2.05) is 24.3 Å². The molecule has 2 amide bonds. The molecule has 140 valence electrons. The summed E-state index contributed by atoms with van der Waals surface area (Å²) in [5.41, 5.74) is 0.349. The number of amides is 2. The molecule has 1 aromatic heterocycles. The number of alkyl carbamates (subject to hydrolysis) is 1. The van der Waals surface area contributed by atoms with E-state index in [2.05, 4.69) is 10.6 Å². The number of hydrogen-bond donors (Lipinski definition) is 2. The van der Waals surface area contributed by atoms with Gasteiger partial charge in [-0.1, -0.05) is 11.6 Å². The molecule has 26 heavy (non-hydrogen) atoms. The zero-order chi connectivity index (χ0) is 19.2. The second kappa shape index (κ2) is 8.76. The van der Waals surface area contributed by atoms with Crippen LogP contribution < -0.4 is 10.6 Å². The SMILES string of the molecule is CC(C)(C)OC(=O)NCCC(=O)NCc1ccc(-c2ccc(Cl)cc2)o1. The maximum Gasteiger partial charge on any atom is 0.407 e. The third-order valence-electron chi connectivity index (χ3n) is 3.27. The lowest BCUT2D eigenvalue weighted by atomic mass is 10.2. The van der Waals surface area contributed by atoms with Crippen molar-refractivity contribution in [3.63, 3.8) is 0 Å². The average molecular weight is 379 g/mol. The normalized spacial score (nSPS) is 11.1. The summed E-state index contributed by atoms with van der Waals surface area (Å²) < 4.78 is 10.8. The summed E-state index contributed by atoms with van der Waals surface area (Å²) >= 11 is 5.87. The van der Waals surface area contributed by atoms with Crippen molar-refractivity contribution in [2.75, 3.05) is 6.54 Å². The van der Waals surface area contributed by atoms with Gasteiger partial charge in [-0.3, -0.25) is 4.79 Å². The molecule has 0 unspecified atom stereocenters. The predicted octanol–water partition coefficient (Wildman–Crippen LogP) is 4.13. The summed E-state index contributed by atoms with van der Waals surface area (Å²) in [6, 6.07) is 11.0. The molecule has 0 spiro atoms. The van der Waals surface area contributed by atoms with Crippen LogP contribution in [-0.2, 0) is 16.1 Å². The Hall–Kier alpha value is -2.47. The predicted molar refractivity (Wildman–Crippen MR) is 99.9 cm³/mol. The Morgan fingerprint density at radius 3 is 2.42 bits per heavy atom. The summed E-state index contributed by atoms with van der Waals surface area (Å²) in [7, 11) is 0. The first kappa shape index (κ1) is 19.8. The van der Waals surface area contributed by atoms with Crippen LogP contribution in [0.4, 0.5) is 4.79 Å². The largest absolute Gasteiger partial charge is 0.459 e. The summed E-state index contributed by atoms with van der Waals surface area (Å²) in [5, 5.41) is 5.95. The van der Waals surface area contributed by atoms with Crippen LogP contribution in [0.5, 0.6) is 0 Å². The lowest BCUT2D eigenvalue weighted by molar-refractivity contribution is -0.121. The van der Waals surface area contributed by atoms with Gasteiger partial charge in [0.1, 0.15) is 17.1 Å². The Morgan fingerprint density at radius 1 is 1.08 bits per heavy atom. The highest BCUT2D eigenvalue weighted by Crippen LogP contribution is 2.23. The van der Waals surface area contributed by atoms with Crippen LogP contribution in [0, 0.1) is 0 Å². The van der Waals surface area contributed by atoms with Crippen molar-refractivity contribution in [2.24, 2.45) is 0 Å². The van der Waals surface area contributed by atoms with Crippen LogP contribution in [0.3, 0.4) is 0 Å². The van der Waals surface area contributed by atoms with Crippen LogP contribution in [0.15, 0.2) is 40.8 Å². The minimum atomic E-state index is -0.562. The van der Waals surface area contributed by atoms with Gasteiger partial charge >= 0.3 is 6.09 Å². The molecule has 0 atom stereocenters. The van der Waals surface area contributed by atoms with Crippen molar-refractivity contribution >= 4 is 23.6 Å². The molecule has 7 heteroatoms. The van der Waals surface area contributed by atoms with Crippen molar-refractivity contribution in [2.45, 2.75) is 39.3 Å². The molecule has 1 aromatic carbocycles. The van der Waals surface area contributed by atoms with Gasteiger partial charge in [0, 0.05) is 23.6 Å². The van der Waals surface area contributed by atoms with Crippen LogP contribution in [0.25, 0.3) is 11.3 Å². The highest BCUT2D eigenvalue weighted by Gasteiger charge is 2.16. The Morgan fingerprint density at radius 2 is 1.77 bits per heavy atom. The number of furan rings is 1. The molecule has 0 fully saturated rings. The van der Waals surface area contributed by atoms with Crippen molar-refractivity contribution in [3.8, 4) is 11.3 Å². The fourth-order valence-corrected chi connectivity index (χ4v) is 2.23. The number of carbonyl (C=O) groups excluding carboxylic acids is 2. The van der Waals surface area contributed by atoms with Crippen molar-refractivity contribution in [1.82, 2.24) is 10.6 Å². The fourth-order valence-electron chi connectivity index (χ4n) is 2.11. The molecule has 0 saturated heterocycles. The number of benzene rings is 1. The summed E-state index contributed by atoms with van der Waals surface area (Å²) in [5.74, 6) is 1.16. The average Bonchev–Trinajstić information content (AvgIpc) is 3.01. The van der Waals surface area contributed by atoms with Gasteiger partial charge in [-0.2, -0.15) is 0 Å². The van der Waals surface area contributed by atoms with Gasteiger partial charge < -0.3 is 19.8 Å². The Kier molecular flexibility index (Phi) is 6.69. The van der Waals surface area contributed by atoms with Crippen molar-refractivity contribution in [3.05, 3.63) is 47.2 Å². The van der Waals surface area contributed by atoms with Gasteiger partial charge in [-0.25, -0.2) is 4.79 Å². The van der Waals surface area contributed by atoms with Gasteiger partial charge in [0.15, 0.2) is 0 Å². The second-order valence-corrected chi connectivity index (χ2v) is 7.16. The molecule has 2 rings (SSSR count). The van der Waals surface area contributed by atoms with E-state index in [0.29, 0.717) is 16.5 Å². The van der Waals surface area contributed by atoms with Gasteiger partial charge in [0.05, 0.1) is 6.54 Å². The smallest absolute Gasteiger partial charge is 0.407 e. The minimum absolute atomic E-state index is 0.157. The number of nitrogens with one attached hydrogen (secondary N) is 2. The van der Waals surface area contributed by atoms with Crippen LogP contribution in [0.2, 0.25) is 5.02 Å². The number of rotatable bonds is 6. The molecule has 0 radical (unpaired) electrons. The highest BCUT2D eigenvalue weighted by molar-refractivity contribution is 6.30. The highest BCUT2D eigenvalue weighted by atomic mass is 35.5. The number of carbonyl (C=O) groups is 2. The minimum Gasteiger partial charge on any atom is -0.459 e. The van der Waals surface area contributed by atoms with Gasteiger partial charge in [-0.05, 0) is 57.2 Å². The maximum absolute atomic E-state index is 11.8. The summed E-state index contributed by atoms with van der Waals surface area (Å²) in [6.45, 7) is 5.82. The summed E-state index contributed by atoms with van der Waals surface area (Å²) in [4.78, 5) is 23.3. The van der Waals surface area contributed by atoms with E-state index in [-0.39, 0.29) is 25.4 Å². The topological polar surface area (TPSA) is 80.6 Å². The van der Waals surface area contributed by atoms with Crippen molar-refractivity contribution < 1.29 is 18.7 Å². The Labute approximate surface area is 157 Å². The van der Waals surface area contributed by atoms with Crippen molar-refractivity contribution in [1.29, 1.82) is 0 Å². The number of hydrogen-bond acceptors (Lipinski definition) is 4. The van der Waals surface area contributed by atoms with E-state index < -0.39 is 11.7 Å². The standard InChI is InChI=1S/C19H23ClN2O4/c1-19(2,3)26-18(24)21-11-10-17(23)22-12-15-8-9-16(25-15)13-4-6-14(20)7-5-13/h4-9H,10-12H2,1-3H3,(H,21,24)(H,22,23). The molecular weight excluding hydrogens is 356 g/mol. The third-order valence-corrected chi connectivity index (χ3v) is 3.52. The van der Waals surface area contributed by atoms with Crippen LogP contribution in [-0.4, -0.2) is 24.1 Å². The zero-order valence-electron chi connectivity index (χ0n) is 15.1. The molecule has 2 N–H and O–H groups in total. The first-order valence-electron chi connectivity index (χ1n) is 8.31. The third kappa shape index (κ3) is 6.80. The maximum atomic E-state index is 11.8. The zero-order valence-corrected chi connectivity index (χ0v) is 15.9. The molecule has 2 aromatic rings. The molecule has 0 aliphatic carbocycles. The molecule has 6 nitrogen and oxygen atoms in total. The van der Waals surface area contributed by atoms with Gasteiger partial charge in [0.2, 0.25) is 5.91 Å². The first-order valence-corrected chi connectivity index (χ1v) is 8.69. The Bertz CT molecular complexity index is 748. The lowest BCUT2D eigenvalue weighted by Gasteiger charge is -2.19. The van der Waals surface area contributed by atoms with Crippen LogP contribution in [0.1, 0.15) is 33.0 Å². The fraction of sp³-hybridized carbons (Fsp3) is 0.368. The lowest BCUT2D eigenvalue weighted by Crippen LogP contribution is -2.35. The molecule has 0 aliphatic rings. The van der Waals surface area contributed by atoms with Gasteiger partial charge in [-0.15, -0.1) is 0 Å². The summed E-state index contributed by atoms with van der Waals surface area (Å²) in [6.07, 6.45) is -0.381. The first-order chi connectivity index (χ1) is 12.2. The van der Waals surface area contributed by atoms with E-state index in [0.717, 1.165) is 5.56 Å². The monoisotopic (exact) mass is 378 g/mol. The van der Waals surface area contributed by atoms with Crippen LogP contribution >= 0.6 is 11.6 Å². The van der Waals surface area contributed by atoms with E-state index in [9.17, 15) is 9.59 Å².